The number of nitrogens with zero attached hydrogens (tertiary/aromatic N) is 1. The SMILES string of the molecule is Cc1cccn(CC2CC(C(=O)N[C@@H](C3CC3)C3CCC(F)C(C)C3)CC(C3CCCNC3C(F)(F)F)C2)c1=N. The third-order valence-electron chi connectivity index (χ3n) is 10.5. The summed E-state index contributed by atoms with van der Waals surface area (Å²) in [7, 11) is 0. The number of halogens is 4. The summed E-state index contributed by atoms with van der Waals surface area (Å²) in [4.78, 5) is 13.9. The predicted octanol–water partition coefficient (Wildman–Crippen LogP) is 5.91. The van der Waals surface area contributed by atoms with E-state index < -0.39 is 24.3 Å². The molecule has 0 radical (unpaired) electrons. The average molecular weight is 567 g/mol. The third kappa shape index (κ3) is 6.76. The maximum absolute atomic E-state index is 14.2. The Morgan fingerprint density at radius 3 is 2.58 bits per heavy atom. The molecule has 3 N–H and O–H groups in total. The number of piperidine rings is 1. The minimum Gasteiger partial charge on any atom is -0.353 e. The molecule has 5 rings (SSSR count). The number of hydrogen-bond donors (Lipinski definition) is 3. The highest BCUT2D eigenvalue weighted by molar-refractivity contribution is 5.79. The van der Waals surface area contributed by atoms with E-state index >= 15 is 0 Å². The second-order valence-electron chi connectivity index (χ2n) is 13.4. The molecule has 1 amide bonds. The van der Waals surface area contributed by atoms with Crippen molar-refractivity contribution >= 4 is 5.91 Å². The molecule has 2 heterocycles. The van der Waals surface area contributed by atoms with Crippen molar-refractivity contribution in [1.29, 1.82) is 5.41 Å². The Kier molecular flexibility index (Phi) is 8.98. The van der Waals surface area contributed by atoms with Gasteiger partial charge < -0.3 is 15.2 Å². The van der Waals surface area contributed by atoms with Crippen molar-refractivity contribution in [1.82, 2.24) is 15.2 Å². The van der Waals surface area contributed by atoms with Crippen molar-refractivity contribution < 1.29 is 22.4 Å². The average Bonchev–Trinajstić information content (AvgIpc) is 3.76. The van der Waals surface area contributed by atoms with Crippen molar-refractivity contribution in [2.45, 2.75) is 109 Å². The zero-order valence-electron chi connectivity index (χ0n) is 23.9. The predicted molar refractivity (Wildman–Crippen MR) is 146 cm³/mol. The van der Waals surface area contributed by atoms with Crippen LogP contribution in [-0.4, -0.2) is 41.5 Å². The number of alkyl halides is 4. The molecule has 3 aliphatic carbocycles. The summed E-state index contributed by atoms with van der Waals surface area (Å²) in [6.07, 6.45) is 3.93. The number of rotatable bonds is 7. The van der Waals surface area contributed by atoms with Crippen LogP contribution in [-0.2, 0) is 11.3 Å². The first-order valence-corrected chi connectivity index (χ1v) is 15.5. The summed E-state index contributed by atoms with van der Waals surface area (Å²) in [6.45, 7) is 4.74. The number of aromatic nitrogens is 1. The van der Waals surface area contributed by atoms with Crippen LogP contribution in [0.2, 0.25) is 0 Å². The fourth-order valence-corrected chi connectivity index (χ4v) is 8.16. The van der Waals surface area contributed by atoms with E-state index in [4.69, 9.17) is 5.41 Å². The van der Waals surface area contributed by atoms with Crippen molar-refractivity contribution in [3.8, 4) is 0 Å². The Morgan fingerprint density at radius 1 is 1.12 bits per heavy atom. The summed E-state index contributed by atoms with van der Waals surface area (Å²) < 4.78 is 58.3. The van der Waals surface area contributed by atoms with Gasteiger partial charge in [-0.15, -0.1) is 0 Å². The first kappa shape index (κ1) is 29.6. The fourth-order valence-electron chi connectivity index (χ4n) is 8.16. The van der Waals surface area contributed by atoms with E-state index in [-0.39, 0.29) is 41.5 Å². The van der Waals surface area contributed by atoms with Gasteiger partial charge in [0.1, 0.15) is 17.7 Å². The van der Waals surface area contributed by atoms with Gasteiger partial charge in [0.2, 0.25) is 5.91 Å². The summed E-state index contributed by atoms with van der Waals surface area (Å²) in [6, 6.07) is 2.28. The Morgan fingerprint density at radius 2 is 1.88 bits per heavy atom. The molecule has 8 unspecified atom stereocenters. The number of pyridine rings is 1. The minimum atomic E-state index is -4.32. The quantitative estimate of drug-likeness (QED) is 0.359. The van der Waals surface area contributed by atoms with Crippen LogP contribution < -0.4 is 16.1 Å². The van der Waals surface area contributed by atoms with Gasteiger partial charge in [-0.2, -0.15) is 13.2 Å². The van der Waals surface area contributed by atoms with Gasteiger partial charge in [0.15, 0.2) is 0 Å². The molecule has 224 valence electrons. The van der Waals surface area contributed by atoms with Crippen LogP contribution >= 0.6 is 0 Å². The second-order valence-corrected chi connectivity index (χ2v) is 13.4. The van der Waals surface area contributed by atoms with Crippen LogP contribution in [0, 0.1) is 53.8 Å². The molecule has 1 aliphatic heterocycles. The van der Waals surface area contributed by atoms with Gasteiger partial charge in [0, 0.05) is 24.7 Å². The van der Waals surface area contributed by atoms with Crippen LogP contribution in [0.25, 0.3) is 0 Å². The number of nitrogens with one attached hydrogen (secondary N) is 3. The van der Waals surface area contributed by atoms with Crippen LogP contribution in [0.5, 0.6) is 0 Å². The van der Waals surface area contributed by atoms with Gasteiger partial charge in [-0.1, -0.05) is 13.0 Å². The smallest absolute Gasteiger partial charge is 0.353 e. The fraction of sp³-hybridized carbons (Fsp3) is 0.806. The van der Waals surface area contributed by atoms with Crippen LogP contribution in [0.15, 0.2) is 18.3 Å². The van der Waals surface area contributed by atoms with E-state index in [2.05, 4.69) is 10.6 Å². The Hall–Kier alpha value is -1.90. The molecule has 0 spiro atoms. The van der Waals surface area contributed by atoms with E-state index in [1.165, 1.54) is 0 Å². The highest BCUT2D eigenvalue weighted by atomic mass is 19.4. The third-order valence-corrected chi connectivity index (χ3v) is 10.5. The highest BCUT2D eigenvalue weighted by Crippen LogP contribution is 2.46. The lowest BCUT2D eigenvalue weighted by molar-refractivity contribution is -0.179. The zero-order valence-corrected chi connectivity index (χ0v) is 23.9. The molecule has 0 bridgehead atoms. The summed E-state index contributed by atoms with van der Waals surface area (Å²) >= 11 is 0. The van der Waals surface area contributed by atoms with Gasteiger partial charge in [-0.25, -0.2) is 4.39 Å². The topological polar surface area (TPSA) is 69.9 Å². The largest absolute Gasteiger partial charge is 0.404 e. The Labute approximate surface area is 235 Å². The van der Waals surface area contributed by atoms with E-state index in [9.17, 15) is 22.4 Å². The molecule has 5 nitrogen and oxygen atoms in total. The van der Waals surface area contributed by atoms with Gasteiger partial charge in [-0.05, 0) is 125 Å². The molecular formula is C31H46F4N4O. The molecule has 0 aromatic carbocycles. The number of hydrogen-bond acceptors (Lipinski definition) is 3. The standard InChI is InChI=1S/C31H46F4N4O/c1-18-5-4-12-39(29(18)36)17-20-14-23(25-6-3-11-37-28(25)31(33,34)35)16-24(15-20)30(40)38-27(21-7-8-21)22-9-10-26(32)19(2)13-22/h4-5,12,19-28,36-37H,3,6-11,13-17H2,1-2H3,(H,38,40)/t19?,20?,22?,23?,24?,25?,26?,27-,28?/m0/s1. The van der Waals surface area contributed by atoms with E-state index in [1.807, 2.05) is 36.7 Å². The van der Waals surface area contributed by atoms with Crippen molar-refractivity contribution in [3.05, 3.63) is 29.4 Å². The molecule has 9 atom stereocenters. The number of carbonyl (C=O) groups is 1. The van der Waals surface area contributed by atoms with Crippen LogP contribution in [0.4, 0.5) is 17.6 Å². The first-order valence-electron chi connectivity index (χ1n) is 15.5. The Bertz CT molecular complexity index is 1090. The summed E-state index contributed by atoms with van der Waals surface area (Å²) in [5.41, 5.74) is 1.26. The van der Waals surface area contributed by atoms with Gasteiger partial charge in [-0.3, -0.25) is 10.2 Å². The molecular weight excluding hydrogens is 520 g/mol. The summed E-state index contributed by atoms with van der Waals surface area (Å²) in [5.74, 6) is -0.450. The van der Waals surface area contributed by atoms with Gasteiger partial charge in [0.25, 0.3) is 0 Å². The van der Waals surface area contributed by atoms with E-state index in [0.717, 1.165) is 31.2 Å². The molecule has 4 fully saturated rings. The van der Waals surface area contributed by atoms with Crippen molar-refractivity contribution in [2.24, 2.45) is 41.4 Å². The van der Waals surface area contributed by atoms with Gasteiger partial charge >= 0.3 is 6.18 Å². The number of amides is 1. The lowest BCUT2D eigenvalue weighted by Gasteiger charge is -2.44. The monoisotopic (exact) mass is 566 g/mol. The van der Waals surface area contributed by atoms with E-state index in [1.54, 1.807) is 0 Å². The molecule has 9 heteroatoms. The molecule has 3 saturated carbocycles. The lowest BCUT2D eigenvalue weighted by atomic mass is 9.66. The maximum Gasteiger partial charge on any atom is 0.404 e. The first-order chi connectivity index (χ1) is 19.0. The van der Waals surface area contributed by atoms with Crippen LogP contribution in [0.3, 0.4) is 0 Å². The van der Waals surface area contributed by atoms with Gasteiger partial charge in [0.05, 0.1) is 0 Å². The molecule has 1 aromatic heterocycles. The lowest BCUT2D eigenvalue weighted by Crippen LogP contribution is -2.54. The zero-order chi connectivity index (χ0) is 28.6. The molecule has 1 aromatic rings. The maximum atomic E-state index is 14.2. The normalized spacial score (nSPS) is 36.1. The van der Waals surface area contributed by atoms with Crippen LogP contribution in [0.1, 0.15) is 76.7 Å². The molecule has 1 saturated heterocycles. The summed E-state index contributed by atoms with van der Waals surface area (Å²) in [5, 5.41) is 14.6. The number of carbonyl (C=O) groups excluding carboxylic acids is 1. The highest BCUT2D eigenvalue weighted by Gasteiger charge is 2.50. The second kappa shape index (κ2) is 12.1. The minimum absolute atomic E-state index is 0.0103. The van der Waals surface area contributed by atoms with E-state index in [0.29, 0.717) is 63.0 Å². The Balaban J connectivity index is 1.36. The molecule has 4 aliphatic rings. The number of aryl methyl sites for hydroxylation is 1. The van der Waals surface area contributed by atoms with Crippen molar-refractivity contribution in [3.63, 3.8) is 0 Å². The molecule has 40 heavy (non-hydrogen) atoms. The van der Waals surface area contributed by atoms with Crippen molar-refractivity contribution in [2.75, 3.05) is 6.54 Å².